The van der Waals surface area contributed by atoms with Gasteiger partial charge in [-0.3, -0.25) is 19.3 Å². The minimum Gasteiger partial charge on any atom is -0.497 e. The summed E-state index contributed by atoms with van der Waals surface area (Å²) < 4.78 is 5.06. The van der Waals surface area contributed by atoms with E-state index in [1.807, 2.05) is 0 Å². The number of carbonyl (C=O) groups is 3. The summed E-state index contributed by atoms with van der Waals surface area (Å²) in [6, 6.07) is 11.4. The fourth-order valence-corrected chi connectivity index (χ4v) is 2.60. The van der Waals surface area contributed by atoms with Gasteiger partial charge in [0.05, 0.1) is 18.2 Å². The van der Waals surface area contributed by atoms with Crippen LogP contribution in [0.2, 0.25) is 0 Å². The fraction of sp³-hybridized carbons (Fsp3) is 0.167. The molecule has 1 N–H and O–H groups in total. The summed E-state index contributed by atoms with van der Waals surface area (Å²) in [6.07, 6.45) is 0. The maximum Gasteiger partial charge on any atom is 0.261 e. The average Bonchev–Trinajstić information content (AvgIpc) is 2.85. The molecule has 1 heterocycles. The highest BCUT2D eigenvalue weighted by Crippen LogP contribution is 2.24. The van der Waals surface area contributed by atoms with Gasteiger partial charge in [-0.2, -0.15) is 0 Å². The number of fused-ring (bicyclic) bond motifs is 1. The summed E-state index contributed by atoms with van der Waals surface area (Å²) in [6.45, 7) is 2.04. The van der Waals surface area contributed by atoms with Crippen LogP contribution in [0.15, 0.2) is 42.5 Å². The van der Waals surface area contributed by atoms with Gasteiger partial charge in [0.15, 0.2) is 0 Å². The van der Waals surface area contributed by atoms with Gasteiger partial charge in [0.2, 0.25) is 0 Å². The molecule has 0 spiro atoms. The van der Waals surface area contributed by atoms with E-state index in [0.29, 0.717) is 29.1 Å². The number of benzene rings is 2. The van der Waals surface area contributed by atoms with E-state index in [1.165, 1.54) is 12.1 Å². The fourth-order valence-electron chi connectivity index (χ4n) is 2.60. The van der Waals surface area contributed by atoms with Crippen LogP contribution in [0, 0.1) is 0 Å². The monoisotopic (exact) mass is 324 g/mol. The second kappa shape index (κ2) is 6.16. The zero-order chi connectivity index (χ0) is 17.3. The molecule has 24 heavy (non-hydrogen) atoms. The van der Waals surface area contributed by atoms with Gasteiger partial charge in [0.25, 0.3) is 17.7 Å². The van der Waals surface area contributed by atoms with Crippen molar-refractivity contribution in [3.8, 4) is 5.75 Å². The molecule has 0 aliphatic carbocycles. The summed E-state index contributed by atoms with van der Waals surface area (Å²) in [4.78, 5) is 37.8. The lowest BCUT2D eigenvalue weighted by molar-refractivity contribution is 0.0662. The minimum absolute atomic E-state index is 0.268. The van der Waals surface area contributed by atoms with Crippen LogP contribution < -0.4 is 10.1 Å². The van der Waals surface area contributed by atoms with Crippen molar-refractivity contribution in [2.75, 3.05) is 19.0 Å². The van der Waals surface area contributed by atoms with Crippen LogP contribution in [-0.2, 0) is 0 Å². The van der Waals surface area contributed by atoms with Gasteiger partial charge in [-0.1, -0.05) is 0 Å². The molecule has 6 heteroatoms. The number of carbonyl (C=O) groups excluding carboxylic acids is 3. The van der Waals surface area contributed by atoms with Crippen LogP contribution in [0.5, 0.6) is 5.75 Å². The number of methoxy groups -OCH3 is 1. The van der Waals surface area contributed by atoms with Crippen LogP contribution in [0.3, 0.4) is 0 Å². The van der Waals surface area contributed by atoms with Gasteiger partial charge < -0.3 is 10.1 Å². The van der Waals surface area contributed by atoms with Crippen LogP contribution in [0.4, 0.5) is 5.69 Å². The maximum absolute atomic E-state index is 12.4. The van der Waals surface area contributed by atoms with Gasteiger partial charge in [0.1, 0.15) is 5.75 Å². The molecule has 0 unspecified atom stereocenters. The molecule has 3 rings (SSSR count). The van der Waals surface area contributed by atoms with Gasteiger partial charge in [-0.25, -0.2) is 0 Å². The van der Waals surface area contributed by atoms with E-state index >= 15 is 0 Å². The maximum atomic E-state index is 12.4. The molecular weight excluding hydrogens is 308 g/mol. The van der Waals surface area contributed by atoms with E-state index in [2.05, 4.69) is 5.32 Å². The van der Waals surface area contributed by atoms with Crippen molar-refractivity contribution in [1.29, 1.82) is 0 Å². The SMILES string of the molecule is CCN1C(=O)c2ccc(C(=O)Nc3ccc(OC)cc3)cc2C1=O. The topological polar surface area (TPSA) is 75.7 Å². The summed E-state index contributed by atoms with van der Waals surface area (Å²) in [5.74, 6) is -0.344. The molecule has 1 aliphatic heterocycles. The second-order valence-electron chi connectivity index (χ2n) is 5.30. The first-order valence-electron chi connectivity index (χ1n) is 7.50. The van der Waals surface area contributed by atoms with Gasteiger partial charge in [-0.05, 0) is 49.4 Å². The van der Waals surface area contributed by atoms with E-state index in [4.69, 9.17) is 4.74 Å². The van der Waals surface area contributed by atoms with Crippen molar-refractivity contribution in [3.63, 3.8) is 0 Å². The largest absolute Gasteiger partial charge is 0.497 e. The van der Waals surface area contributed by atoms with Crippen molar-refractivity contribution in [3.05, 3.63) is 59.2 Å². The molecule has 0 saturated heterocycles. The number of ether oxygens (including phenoxy) is 1. The predicted octanol–water partition coefficient (Wildman–Crippen LogP) is 2.56. The summed E-state index contributed by atoms with van der Waals surface area (Å²) in [5.41, 5.74) is 1.54. The van der Waals surface area contributed by atoms with Crippen molar-refractivity contribution in [2.45, 2.75) is 6.92 Å². The summed E-state index contributed by atoms with van der Waals surface area (Å²) in [7, 11) is 1.57. The highest BCUT2D eigenvalue weighted by molar-refractivity contribution is 6.22. The smallest absolute Gasteiger partial charge is 0.261 e. The highest BCUT2D eigenvalue weighted by Gasteiger charge is 2.34. The van der Waals surface area contributed by atoms with Gasteiger partial charge in [0, 0.05) is 17.8 Å². The van der Waals surface area contributed by atoms with Crippen molar-refractivity contribution >= 4 is 23.4 Å². The first kappa shape index (κ1) is 15.7. The third-order valence-corrected chi connectivity index (χ3v) is 3.90. The Morgan fingerprint density at radius 2 is 1.71 bits per heavy atom. The van der Waals surface area contributed by atoms with E-state index in [-0.39, 0.29) is 23.3 Å². The van der Waals surface area contributed by atoms with Crippen LogP contribution in [0.25, 0.3) is 0 Å². The van der Waals surface area contributed by atoms with Crippen LogP contribution in [-0.4, -0.2) is 36.3 Å². The van der Waals surface area contributed by atoms with Crippen molar-refractivity contribution in [1.82, 2.24) is 4.90 Å². The summed E-state index contributed by atoms with van der Waals surface area (Å²) >= 11 is 0. The zero-order valence-corrected chi connectivity index (χ0v) is 13.3. The lowest BCUT2D eigenvalue weighted by atomic mass is 10.1. The first-order chi connectivity index (χ1) is 11.5. The van der Waals surface area contributed by atoms with Gasteiger partial charge >= 0.3 is 0 Å². The lowest BCUT2D eigenvalue weighted by Gasteiger charge is -2.08. The highest BCUT2D eigenvalue weighted by atomic mass is 16.5. The molecule has 2 aromatic rings. The average molecular weight is 324 g/mol. The Hall–Kier alpha value is -3.15. The standard InChI is InChI=1S/C18H16N2O4/c1-3-20-17(22)14-9-4-11(10-15(14)18(20)23)16(21)19-12-5-7-13(24-2)8-6-12/h4-10H,3H2,1-2H3,(H,19,21). The summed E-state index contributed by atoms with van der Waals surface area (Å²) in [5, 5.41) is 2.75. The molecule has 0 aromatic heterocycles. The van der Waals surface area contributed by atoms with Gasteiger partial charge in [-0.15, -0.1) is 0 Å². The Kier molecular flexibility index (Phi) is 4.04. The molecular formula is C18H16N2O4. The Labute approximate surface area is 139 Å². The normalized spacial score (nSPS) is 13.0. The van der Waals surface area contributed by atoms with Crippen LogP contribution >= 0.6 is 0 Å². The number of amides is 3. The molecule has 0 saturated carbocycles. The number of rotatable bonds is 4. The number of imide groups is 1. The number of nitrogens with zero attached hydrogens (tertiary/aromatic N) is 1. The van der Waals surface area contributed by atoms with E-state index in [1.54, 1.807) is 44.4 Å². The minimum atomic E-state index is -0.364. The van der Waals surface area contributed by atoms with Crippen molar-refractivity contribution < 1.29 is 19.1 Å². The molecule has 2 aromatic carbocycles. The number of hydrogen-bond acceptors (Lipinski definition) is 4. The molecule has 0 radical (unpaired) electrons. The molecule has 0 atom stereocenters. The van der Waals surface area contributed by atoms with E-state index < -0.39 is 0 Å². The van der Waals surface area contributed by atoms with Crippen molar-refractivity contribution in [2.24, 2.45) is 0 Å². The Morgan fingerprint density at radius 3 is 2.33 bits per heavy atom. The second-order valence-corrected chi connectivity index (χ2v) is 5.30. The zero-order valence-electron chi connectivity index (χ0n) is 13.3. The molecule has 3 amide bonds. The Bertz CT molecular complexity index is 827. The molecule has 0 fully saturated rings. The number of nitrogens with one attached hydrogen (secondary N) is 1. The number of anilines is 1. The molecule has 0 bridgehead atoms. The third kappa shape index (κ3) is 2.62. The van der Waals surface area contributed by atoms with E-state index in [0.717, 1.165) is 4.90 Å². The first-order valence-corrected chi connectivity index (χ1v) is 7.50. The Morgan fingerprint density at radius 1 is 1.04 bits per heavy atom. The molecule has 6 nitrogen and oxygen atoms in total. The quantitative estimate of drug-likeness (QED) is 0.877. The molecule has 122 valence electrons. The third-order valence-electron chi connectivity index (χ3n) is 3.90. The van der Waals surface area contributed by atoms with E-state index in [9.17, 15) is 14.4 Å². The Balaban J connectivity index is 1.83. The predicted molar refractivity (Wildman–Crippen MR) is 88.4 cm³/mol. The molecule has 1 aliphatic rings. The van der Waals surface area contributed by atoms with Crippen LogP contribution in [0.1, 0.15) is 38.0 Å². The number of hydrogen-bond donors (Lipinski definition) is 1. The lowest BCUT2D eigenvalue weighted by Crippen LogP contribution is -2.29.